The van der Waals surface area contributed by atoms with Crippen LogP contribution in [0, 0.1) is 0 Å². The average molecular weight is 347 g/mol. The Morgan fingerprint density at radius 2 is 1.04 bits per heavy atom. The minimum Gasteiger partial charge on any atom is -0.0888 e. The van der Waals surface area contributed by atoms with E-state index in [0.717, 1.165) is 57.8 Å². The maximum atomic E-state index is 8.00. The van der Waals surface area contributed by atoms with Crippen LogP contribution < -0.4 is 0 Å². The summed E-state index contributed by atoms with van der Waals surface area (Å²) < 4.78 is 15.5. The van der Waals surface area contributed by atoms with E-state index in [9.17, 15) is 0 Å². The van der Waals surface area contributed by atoms with Crippen LogP contribution in [-0.2, 0) is 0 Å². The zero-order valence-corrected chi connectivity index (χ0v) is 17.0. The zero-order chi connectivity index (χ0) is 20.0. The van der Waals surface area contributed by atoms with Crippen LogP contribution in [0.15, 0.2) is 48.6 Å². The maximum Gasteiger partial charge on any atom is 0.0267 e. The van der Waals surface area contributed by atoms with Crippen molar-refractivity contribution in [1.29, 1.82) is 0 Å². The lowest BCUT2D eigenvalue weighted by molar-refractivity contribution is 0.592. The number of allylic oxidation sites excluding steroid dienone is 8. The van der Waals surface area contributed by atoms with Crippen molar-refractivity contribution in [2.45, 2.75) is 110 Å². The highest BCUT2D eigenvalue weighted by Crippen LogP contribution is 2.09. The molecule has 0 saturated heterocycles. The molecule has 0 nitrogen and oxygen atoms in total. The first-order valence-corrected chi connectivity index (χ1v) is 10.6. The van der Waals surface area contributed by atoms with Gasteiger partial charge in [-0.2, -0.15) is 0 Å². The van der Waals surface area contributed by atoms with Crippen LogP contribution in [0.4, 0.5) is 0 Å². The van der Waals surface area contributed by atoms with Crippen LogP contribution in [0.5, 0.6) is 0 Å². The molecule has 0 bridgehead atoms. The van der Waals surface area contributed by atoms with Crippen LogP contribution in [0.1, 0.15) is 113 Å². The van der Waals surface area contributed by atoms with E-state index < -0.39 is 0 Å². The average Bonchev–Trinajstić information content (AvgIpc) is 2.64. The molecule has 0 saturated carbocycles. The molecule has 0 aliphatic rings. The van der Waals surface area contributed by atoms with E-state index >= 15 is 0 Å². The fraction of sp³-hybridized carbons (Fsp3) is 0.680. The molecule has 0 radical (unpaired) electrons. The lowest BCUT2D eigenvalue weighted by Gasteiger charge is -1.98. The minimum atomic E-state index is 0.0302. The van der Waals surface area contributed by atoms with E-state index in [4.69, 9.17) is 2.74 Å². The second kappa shape index (κ2) is 23.0. The highest BCUT2D eigenvalue weighted by molar-refractivity contribution is 5.03. The third kappa shape index (κ3) is 23.0. The van der Waals surface area contributed by atoms with Crippen molar-refractivity contribution in [3.63, 3.8) is 0 Å². The largest absolute Gasteiger partial charge is 0.0888 e. The van der Waals surface area contributed by atoms with E-state index in [-0.39, 0.29) is 12.8 Å². The van der Waals surface area contributed by atoms with Crippen molar-refractivity contribution in [2.24, 2.45) is 0 Å². The number of rotatable bonds is 18. The lowest BCUT2D eigenvalue weighted by Crippen LogP contribution is -1.78. The molecule has 0 N–H and O–H groups in total. The van der Waals surface area contributed by atoms with E-state index in [0.29, 0.717) is 0 Å². The molecular formula is C25H44. The summed E-state index contributed by atoms with van der Waals surface area (Å²) in [4.78, 5) is 0. The van der Waals surface area contributed by atoms with Gasteiger partial charge in [0.1, 0.15) is 0 Å². The van der Waals surface area contributed by atoms with Crippen LogP contribution in [-0.4, -0.2) is 0 Å². The Morgan fingerprint density at radius 1 is 0.520 bits per heavy atom. The van der Waals surface area contributed by atoms with Gasteiger partial charge in [0.25, 0.3) is 0 Å². The van der Waals surface area contributed by atoms with Crippen molar-refractivity contribution in [2.75, 3.05) is 0 Å². The number of hydrogen-bond donors (Lipinski definition) is 0. The number of hydrogen-bond acceptors (Lipinski definition) is 0. The standard InChI is InChI=1S/C25H44/c1-3-5-7-9-11-13-15-17-19-21-23-25-24-22-20-18-16-14-12-10-8-6-4-2/h5,7,17,19-23H,3-4,6,8-16,18,24-25H2,1-2H3/i4D,12D. The highest BCUT2D eigenvalue weighted by atomic mass is 14.0. The first-order valence-electron chi connectivity index (χ1n) is 11.8. The first-order chi connectivity index (χ1) is 13.2. The number of unbranched alkanes of at least 4 members (excludes halogenated alkanes) is 5. The van der Waals surface area contributed by atoms with Crippen molar-refractivity contribution in [1.82, 2.24) is 0 Å². The summed E-state index contributed by atoms with van der Waals surface area (Å²) in [7, 11) is 0. The second-order valence-corrected chi connectivity index (χ2v) is 6.63. The van der Waals surface area contributed by atoms with Gasteiger partial charge >= 0.3 is 0 Å². The third-order valence-electron chi connectivity index (χ3n) is 4.12. The van der Waals surface area contributed by atoms with Crippen LogP contribution in [0.3, 0.4) is 0 Å². The summed E-state index contributed by atoms with van der Waals surface area (Å²) in [6, 6.07) is 0. The van der Waals surface area contributed by atoms with Crippen LogP contribution >= 0.6 is 0 Å². The van der Waals surface area contributed by atoms with Gasteiger partial charge in [-0.3, -0.25) is 0 Å². The normalized spacial score (nSPS) is 16.2. The summed E-state index contributed by atoms with van der Waals surface area (Å²) in [5, 5.41) is 0. The molecule has 2 unspecified atom stereocenters. The molecule has 0 spiro atoms. The predicted molar refractivity (Wildman–Crippen MR) is 117 cm³/mol. The SMILES string of the molecule is [2H]C(C)CCCC([2H])CCCC=CCCC=CC=CCCCCC=CCC. The molecule has 0 heterocycles. The quantitative estimate of drug-likeness (QED) is 0.132. The van der Waals surface area contributed by atoms with Crippen molar-refractivity contribution >= 4 is 0 Å². The fourth-order valence-electron chi connectivity index (χ4n) is 2.58. The highest BCUT2D eigenvalue weighted by Gasteiger charge is 1.89. The van der Waals surface area contributed by atoms with Gasteiger partial charge in [-0.25, -0.2) is 0 Å². The van der Waals surface area contributed by atoms with Crippen LogP contribution in [0.25, 0.3) is 0 Å². The molecule has 25 heavy (non-hydrogen) atoms. The van der Waals surface area contributed by atoms with Crippen molar-refractivity contribution < 1.29 is 2.74 Å². The minimum absolute atomic E-state index is 0.0302. The Kier molecular flexibility index (Phi) is 18.6. The molecular weight excluding hydrogens is 300 g/mol. The van der Waals surface area contributed by atoms with E-state index in [2.05, 4.69) is 55.5 Å². The van der Waals surface area contributed by atoms with Crippen molar-refractivity contribution in [3.8, 4) is 0 Å². The Hall–Kier alpha value is -1.04. The molecule has 2 atom stereocenters. The van der Waals surface area contributed by atoms with E-state index in [1.807, 2.05) is 6.92 Å². The summed E-state index contributed by atoms with van der Waals surface area (Å²) in [5.41, 5.74) is 0. The van der Waals surface area contributed by atoms with Gasteiger partial charge < -0.3 is 0 Å². The topological polar surface area (TPSA) is 0 Å². The second-order valence-electron chi connectivity index (χ2n) is 6.63. The van der Waals surface area contributed by atoms with E-state index in [1.165, 1.54) is 25.7 Å². The molecule has 144 valence electrons. The van der Waals surface area contributed by atoms with Crippen LogP contribution in [0.2, 0.25) is 0 Å². The molecule has 0 aliphatic heterocycles. The molecule has 0 aromatic rings. The Labute approximate surface area is 162 Å². The molecule has 0 aromatic heterocycles. The fourth-order valence-corrected chi connectivity index (χ4v) is 2.58. The lowest BCUT2D eigenvalue weighted by atomic mass is 10.1. The Morgan fingerprint density at radius 3 is 1.76 bits per heavy atom. The summed E-state index contributed by atoms with van der Waals surface area (Å²) in [6.45, 7) is 4.12. The van der Waals surface area contributed by atoms with Gasteiger partial charge in [0.05, 0.1) is 0 Å². The van der Waals surface area contributed by atoms with Gasteiger partial charge in [0, 0.05) is 2.74 Å². The molecule has 0 aliphatic carbocycles. The smallest absolute Gasteiger partial charge is 0.0267 e. The van der Waals surface area contributed by atoms with Gasteiger partial charge in [-0.1, -0.05) is 101 Å². The van der Waals surface area contributed by atoms with Gasteiger partial charge in [0.2, 0.25) is 0 Å². The molecule has 0 rings (SSSR count). The maximum absolute atomic E-state index is 8.00. The molecule has 0 fully saturated rings. The summed E-state index contributed by atoms with van der Waals surface area (Å²) in [6.07, 6.45) is 32.6. The third-order valence-corrected chi connectivity index (χ3v) is 4.12. The van der Waals surface area contributed by atoms with Gasteiger partial charge in [-0.05, 0) is 57.8 Å². The Bertz CT molecular complexity index is 405. The molecule has 0 amide bonds. The van der Waals surface area contributed by atoms with Crippen molar-refractivity contribution in [3.05, 3.63) is 48.6 Å². The zero-order valence-electron chi connectivity index (χ0n) is 19.0. The summed E-state index contributed by atoms with van der Waals surface area (Å²) >= 11 is 0. The van der Waals surface area contributed by atoms with E-state index in [1.54, 1.807) is 0 Å². The first kappa shape index (κ1) is 20.3. The predicted octanol–water partition coefficient (Wildman–Crippen LogP) is 9.10. The molecule has 0 heteroatoms. The van der Waals surface area contributed by atoms with Gasteiger partial charge in [0.15, 0.2) is 0 Å². The monoisotopic (exact) mass is 346 g/mol. The molecule has 0 aromatic carbocycles. The van der Waals surface area contributed by atoms with Gasteiger partial charge in [-0.15, -0.1) is 0 Å². The Balaban J connectivity index is 3.42. The summed E-state index contributed by atoms with van der Waals surface area (Å²) in [5.74, 6) is 0.